The van der Waals surface area contributed by atoms with Crippen molar-refractivity contribution in [3.8, 4) is 11.5 Å². The molecule has 1 fully saturated rings. The molecule has 0 spiro atoms. The van der Waals surface area contributed by atoms with Crippen LogP contribution in [0.25, 0.3) is 0 Å². The highest BCUT2D eigenvalue weighted by molar-refractivity contribution is 5.38. The molecule has 0 amide bonds. The van der Waals surface area contributed by atoms with Crippen LogP contribution in [0.3, 0.4) is 0 Å². The number of halogens is 3. The number of rotatable bonds is 2. The first-order valence-corrected chi connectivity index (χ1v) is 6.61. The fourth-order valence-electron chi connectivity index (χ4n) is 2.70. The molecular weight excluding hydrogens is 271 g/mol. The average molecular weight is 289 g/mol. The quantitative estimate of drug-likeness (QED) is 0.876. The van der Waals surface area contributed by atoms with Crippen molar-refractivity contribution in [3.63, 3.8) is 0 Å². The summed E-state index contributed by atoms with van der Waals surface area (Å²) >= 11 is 0. The molecule has 1 aliphatic heterocycles. The van der Waals surface area contributed by atoms with Gasteiger partial charge in [0.25, 0.3) is 0 Å². The van der Waals surface area contributed by atoms with E-state index in [9.17, 15) is 23.4 Å². The number of hydrogen-bond donors (Lipinski definition) is 2. The van der Waals surface area contributed by atoms with Gasteiger partial charge in [0.2, 0.25) is 0 Å². The van der Waals surface area contributed by atoms with E-state index in [1.807, 2.05) is 0 Å². The standard InChI is InChI=1S/C14H18F3NO2/c1-9(10-5-12(19)7-13(20)6-10)18-4-2-3-11(8-18)14(15,16)17/h5-7,9,11,19-20H,2-4,8H2,1H3. The van der Waals surface area contributed by atoms with Crippen LogP contribution in [-0.2, 0) is 0 Å². The van der Waals surface area contributed by atoms with E-state index in [0.717, 1.165) is 0 Å². The SMILES string of the molecule is CC(c1cc(O)cc(O)c1)N1CCCC(C(F)(F)F)C1. The van der Waals surface area contributed by atoms with Crippen LogP contribution in [0.15, 0.2) is 18.2 Å². The molecule has 1 aliphatic rings. The molecule has 1 saturated heterocycles. The molecule has 3 nitrogen and oxygen atoms in total. The van der Waals surface area contributed by atoms with E-state index in [4.69, 9.17) is 0 Å². The maximum atomic E-state index is 12.8. The van der Waals surface area contributed by atoms with Crippen molar-refractivity contribution in [2.45, 2.75) is 32.0 Å². The number of aromatic hydroxyl groups is 2. The predicted molar refractivity (Wildman–Crippen MR) is 68.5 cm³/mol. The fourth-order valence-corrected chi connectivity index (χ4v) is 2.70. The molecule has 6 heteroatoms. The summed E-state index contributed by atoms with van der Waals surface area (Å²) in [4.78, 5) is 1.75. The first-order valence-electron chi connectivity index (χ1n) is 6.61. The molecule has 112 valence electrons. The minimum Gasteiger partial charge on any atom is -0.508 e. The second kappa shape index (κ2) is 5.52. The molecule has 1 heterocycles. The van der Waals surface area contributed by atoms with Crippen LogP contribution >= 0.6 is 0 Å². The molecule has 1 aromatic carbocycles. The van der Waals surface area contributed by atoms with Crippen molar-refractivity contribution in [2.75, 3.05) is 13.1 Å². The molecule has 0 aliphatic carbocycles. The van der Waals surface area contributed by atoms with Crippen LogP contribution in [0, 0.1) is 5.92 Å². The number of hydrogen-bond acceptors (Lipinski definition) is 3. The molecule has 20 heavy (non-hydrogen) atoms. The zero-order chi connectivity index (χ0) is 14.9. The van der Waals surface area contributed by atoms with Gasteiger partial charge in [0.05, 0.1) is 5.92 Å². The Morgan fingerprint density at radius 1 is 1.20 bits per heavy atom. The van der Waals surface area contributed by atoms with Crippen LogP contribution in [0.1, 0.15) is 31.4 Å². The summed E-state index contributed by atoms with van der Waals surface area (Å²) in [6.07, 6.45) is -3.50. The first-order chi connectivity index (χ1) is 9.27. The van der Waals surface area contributed by atoms with Crippen LogP contribution in [0.5, 0.6) is 11.5 Å². The smallest absolute Gasteiger partial charge is 0.393 e. The van der Waals surface area contributed by atoms with Crippen LogP contribution < -0.4 is 0 Å². The van der Waals surface area contributed by atoms with Crippen molar-refractivity contribution in [2.24, 2.45) is 5.92 Å². The average Bonchev–Trinajstić information content (AvgIpc) is 2.36. The van der Waals surface area contributed by atoms with E-state index < -0.39 is 12.1 Å². The van der Waals surface area contributed by atoms with Gasteiger partial charge in [-0.3, -0.25) is 4.90 Å². The van der Waals surface area contributed by atoms with Gasteiger partial charge in [0.15, 0.2) is 0 Å². The van der Waals surface area contributed by atoms with Gasteiger partial charge in [-0.15, -0.1) is 0 Å². The molecular formula is C14H18F3NO2. The van der Waals surface area contributed by atoms with Gasteiger partial charge in [0.1, 0.15) is 11.5 Å². The van der Waals surface area contributed by atoms with Crippen LogP contribution in [0.2, 0.25) is 0 Å². The third-order valence-corrected chi connectivity index (χ3v) is 3.87. The Balaban J connectivity index is 2.14. The molecule has 0 aromatic heterocycles. The molecule has 0 bridgehead atoms. The lowest BCUT2D eigenvalue weighted by Crippen LogP contribution is -2.42. The van der Waals surface area contributed by atoms with E-state index in [2.05, 4.69) is 0 Å². The number of alkyl halides is 3. The molecule has 2 rings (SSSR count). The maximum absolute atomic E-state index is 12.8. The summed E-state index contributed by atoms with van der Waals surface area (Å²) in [5.41, 5.74) is 0.616. The van der Waals surface area contributed by atoms with Gasteiger partial charge < -0.3 is 10.2 Å². The van der Waals surface area contributed by atoms with Crippen molar-refractivity contribution in [3.05, 3.63) is 23.8 Å². The minimum atomic E-state index is -4.17. The normalized spacial score (nSPS) is 22.7. The van der Waals surface area contributed by atoms with Crippen LogP contribution in [-0.4, -0.2) is 34.4 Å². The number of phenols is 2. The monoisotopic (exact) mass is 289 g/mol. The Morgan fingerprint density at radius 2 is 1.80 bits per heavy atom. The molecule has 0 radical (unpaired) electrons. The molecule has 0 saturated carbocycles. The van der Waals surface area contributed by atoms with Gasteiger partial charge in [-0.2, -0.15) is 13.2 Å². The lowest BCUT2D eigenvalue weighted by Gasteiger charge is -2.37. The lowest BCUT2D eigenvalue weighted by molar-refractivity contribution is -0.188. The summed E-state index contributed by atoms with van der Waals surface area (Å²) in [5.74, 6) is -1.47. The number of piperidine rings is 1. The maximum Gasteiger partial charge on any atom is 0.393 e. The van der Waals surface area contributed by atoms with Gasteiger partial charge in [0, 0.05) is 18.7 Å². The number of nitrogens with zero attached hydrogens (tertiary/aromatic N) is 1. The Hall–Kier alpha value is -1.43. The van der Waals surface area contributed by atoms with E-state index in [-0.39, 0.29) is 30.5 Å². The van der Waals surface area contributed by atoms with E-state index in [1.54, 1.807) is 11.8 Å². The third kappa shape index (κ3) is 3.36. The first kappa shape index (κ1) is 15.0. The Kier molecular flexibility index (Phi) is 4.13. The van der Waals surface area contributed by atoms with Crippen molar-refractivity contribution in [1.82, 2.24) is 4.90 Å². The predicted octanol–water partition coefficient (Wildman–Crippen LogP) is 3.43. The van der Waals surface area contributed by atoms with Gasteiger partial charge in [-0.25, -0.2) is 0 Å². The third-order valence-electron chi connectivity index (χ3n) is 3.87. The number of benzene rings is 1. The van der Waals surface area contributed by atoms with Gasteiger partial charge >= 0.3 is 6.18 Å². The van der Waals surface area contributed by atoms with Gasteiger partial charge in [-0.05, 0) is 44.0 Å². The number of phenolic OH excluding ortho intramolecular Hbond substituents is 2. The molecule has 2 atom stereocenters. The molecule has 2 N–H and O–H groups in total. The topological polar surface area (TPSA) is 43.7 Å². The molecule has 1 aromatic rings. The van der Waals surface area contributed by atoms with Crippen LogP contribution in [0.4, 0.5) is 13.2 Å². The highest BCUT2D eigenvalue weighted by Gasteiger charge is 2.42. The van der Waals surface area contributed by atoms with Gasteiger partial charge in [-0.1, -0.05) is 0 Å². The lowest BCUT2D eigenvalue weighted by atomic mass is 9.94. The second-order valence-corrected chi connectivity index (χ2v) is 5.33. The van der Waals surface area contributed by atoms with E-state index in [1.165, 1.54) is 18.2 Å². The zero-order valence-corrected chi connectivity index (χ0v) is 11.2. The van der Waals surface area contributed by atoms with E-state index >= 15 is 0 Å². The second-order valence-electron chi connectivity index (χ2n) is 5.33. The summed E-state index contributed by atoms with van der Waals surface area (Å²) in [5, 5.41) is 18.9. The Bertz CT molecular complexity index is 456. The highest BCUT2D eigenvalue weighted by atomic mass is 19.4. The van der Waals surface area contributed by atoms with Crippen molar-refractivity contribution >= 4 is 0 Å². The number of likely N-dealkylation sites (tertiary alicyclic amines) is 1. The molecule has 2 unspecified atom stereocenters. The Labute approximate surface area is 115 Å². The minimum absolute atomic E-state index is 0.0406. The van der Waals surface area contributed by atoms with Crippen molar-refractivity contribution < 1.29 is 23.4 Å². The fraction of sp³-hybridized carbons (Fsp3) is 0.571. The zero-order valence-electron chi connectivity index (χ0n) is 11.2. The summed E-state index contributed by atoms with van der Waals surface area (Å²) in [7, 11) is 0. The highest BCUT2D eigenvalue weighted by Crippen LogP contribution is 2.36. The largest absolute Gasteiger partial charge is 0.508 e. The summed E-state index contributed by atoms with van der Waals surface area (Å²) in [6.45, 7) is 2.33. The summed E-state index contributed by atoms with van der Waals surface area (Å²) < 4.78 is 38.4. The van der Waals surface area contributed by atoms with Crippen molar-refractivity contribution in [1.29, 1.82) is 0 Å². The Morgan fingerprint density at radius 3 is 2.35 bits per heavy atom. The summed E-state index contributed by atoms with van der Waals surface area (Å²) in [6, 6.07) is 3.87. The van der Waals surface area contributed by atoms with E-state index in [0.29, 0.717) is 18.5 Å².